The first kappa shape index (κ1) is 16.0. The number of hydrogen-bond acceptors (Lipinski definition) is 4. The van der Waals surface area contributed by atoms with E-state index in [2.05, 4.69) is 10.2 Å². The number of nitrogens with zero attached hydrogens (tertiary/aromatic N) is 2. The number of carbonyl (C=O) groups excluding carboxylic acids is 2. The summed E-state index contributed by atoms with van der Waals surface area (Å²) in [6.07, 6.45) is 0. The van der Waals surface area contributed by atoms with Gasteiger partial charge in [0.15, 0.2) is 0 Å². The first-order valence-electron chi connectivity index (χ1n) is 7.36. The van der Waals surface area contributed by atoms with Crippen LogP contribution in [0.25, 0.3) is 0 Å². The molecule has 0 atom stereocenters. The van der Waals surface area contributed by atoms with E-state index in [9.17, 15) is 9.59 Å². The fourth-order valence-electron chi connectivity index (χ4n) is 2.58. The van der Waals surface area contributed by atoms with Crippen LogP contribution in [0.15, 0.2) is 6.07 Å². The van der Waals surface area contributed by atoms with E-state index in [-0.39, 0.29) is 11.8 Å². The summed E-state index contributed by atoms with van der Waals surface area (Å²) in [5.74, 6) is 0.177. The molecule has 0 saturated carbocycles. The lowest BCUT2D eigenvalue weighted by Crippen LogP contribution is -2.51. The highest BCUT2D eigenvalue weighted by molar-refractivity contribution is 7.12. The Morgan fingerprint density at radius 3 is 2.43 bits per heavy atom. The largest absolute Gasteiger partial charge is 0.355 e. The average Bonchev–Trinajstić information content (AvgIpc) is 2.78. The molecule has 1 aromatic heterocycles. The first-order chi connectivity index (χ1) is 10.0. The van der Waals surface area contributed by atoms with Crippen molar-refractivity contribution in [1.82, 2.24) is 15.1 Å². The minimum atomic E-state index is 0.0570. The Balaban J connectivity index is 1.87. The zero-order valence-electron chi connectivity index (χ0n) is 12.9. The van der Waals surface area contributed by atoms with E-state index in [0.29, 0.717) is 26.2 Å². The van der Waals surface area contributed by atoms with Crippen molar-refractivity contribution >= 4 is 23.2 Å². The smallest absolute Gasteiger partial charge is 0.255 e. The number of aryl methyl sites for hydroxylation is 2. The summed E-state index contributed by atoms with van der Waals surface area (Å²) in [5, 5.41) is 2.80. The van der Waals surface area contributed by atoms with Crippen molar-refractivity contribution in [2.24, 2.45) is 0 Å². The molecule has 0 spiro atoms. The molecule has 1 aliphatic rings. The summed E-state index contributed by atoms with van der Waals surface area (Å²) >= 11 is 1.67. The Morgan fingerprint density at radius 2 is 1.90 bits per heavy atom. The molecule has 2 rings (SSSR count). The maximum Gasteiger partial charge on any atom is 0.255 e. The van der Waals surface area contributed by atoms with Crippen LogP contribution in [0.3, 0.4) is 0 Å². The minimum absolute atomic E-state index is 0.0570. The molecule has 1 N–H and O–H groups in total. The van der Waals surface area contributed by atoms with Gasteiger partial charge in [0.05, 0.1) is 12.1 Å². The summed E-state index contributed by atoms with van der Waals surface area (Å²) in [6, 6.07) is 1.98. The molecule has 1 aliphatic heterocycles. The third-order valence-corrected chi connectivity index (χ3v) is 4.64. The van der Waals surface area contributed by atoms with Gasteiger partial charge in [-0.15, -0.1) is 11.3 Å². The van der Waals surface area contributed by atoms with Gasteiger partial charge in [0, 0.05) is 42.5 Å². The molecular formula is C15H23N3O2S. The maximum absolute atomic E-state index is 12.5. The molecule has 1 saturated heterocycles. The second kappa shape index (κ2) is 7.04. The molecule has 21 heavy (non-hydrogen) atoms. The number of hydrogen-bond donors (Lipinski definition) is 1. The van der Waals surface area contributed by atoms with Crippen LogP contribution in [-0.4, -0.2) is 60.9 Å². The van der Waals surface area contributed by atoms with Gasteiger partial charge in [-0.3, -0.25) is 14.5 Å². The second-order valence-corrected chi connectivity index (χ2v) is 6.81. The van der Waals surface area contributed by atoms with E-state index in [1.165, 1.54) is 4.88 Å². The number of piperazine rings is 1. The molecule has 5 nitrogen and oxygen atoms in total. The lowest BCUT2D eigenvalue weighted by molar-refractivity contribution is -0.122. The first-order valence-corrected chi connectivity index (χ1v) is 8.18. The van der Waals surface area contributed by atoms with Crippen molar-refractivity contribution in [2.75, 3.05) is 39.3 Å². The quantitative estimate of drug-likeness (QED) is 0.911. The van der Waals surface area contributed by atoms with Gasteiger partial charge in [0.1, 0.15) is 0 Å². The number of nitrogens with one attached hydrogen (secondary N) is 1. The molecule has 0 unspecified atom stereocenters. The molecular weight excluding hydrogens is 286 g/mol. The van der Waals surface area contributed by atoms with Crippen LogP contribution in [0, 0.1) is 13.8 Å². The fraction of sp³-hybridized carbons (Fsp3) is 0.600. The van der Waals surface area contributed by atoms with Crippen LogP contribution in [-0.2, 0) is 4.79 Å². The monoisotopic (exact) mass is 309 g/mol. The Hall–Kier alpha value is -1.40. The molecule has 2 heterocycles. The van der Waals surface area contributed by atoms with Crippen LogP contribution in [0.1, 0.15) is 27.0 Å². The normalized spacial score (nSPS) is 16.0. The summed E-state index contributed by atoms with van der Waals surface area (Å²) in [7, 11) is 0. The Labute approximate surface area is 129 Å². The summed E-state index contributed by atoms with van der Waals surface area (Å²) < 4.78 is 0. The fourth-order valence-corrected chi connectivity index (χ4v) is 3.49. The number of amides is 2. The predicted molar refractivity (Wildman–Crippen MR) is 84.8 cm³/mol. The summed E-state index contributed by atoms with van der Waals surface area (Å²) in [6.45, 7) is 9.91. The Morgan fingerprint density at radius 1 is 1.24 bits per heavy atom. The van der Waals surface area contributed by atoms with Gasteiger partial charge in [0.2, 0.25) is 5.91 Å². The van der Waals surface area contributed by atoms with Gasteiger partial charge in [-0.05, 0) is 26.8 Å². The van der Waals surface area contributed by atoms with Crippen LogP contribution < -0.4 is 5.32 Å². The van der Waals surface area contributed by atoms with Crippen molar-refractivity contribution in [3.05, 3.63) is 21.4 Å². The molecule has 116 valence electrons. The van der Waals surface area contributed by atoms with Crippen molar-refractivity contribution in [1.29, 1.82) is 0 Å². The van der Waals surface area contributed by atoms with E-state index in [4.69, 9.17) is 0 Å². The summed E-state index contributed by atoms with van der Waals surface area (Å²) in [5.41, 5.74) is 0.828. The Bertz CT molecular complexity index is 519. The van der Waals surface area contributed by atoms with Gasteiger partial charge in [-0.1, -0.05) is 0 Å². The van der Waals surface area contributed by atoms with Crippen LogP contribution in [0.2, 0.25) is 0 Å². The van der Waals surface area contributed by atoms with E-state index in [1.807, 2.05) is 31.7 Å². The standard InChI is InChI=1S/C15H23N3O2S/c1-4-16-14(19)10-17-5-7-18(8-6-17)15(20)13-9-11(2)21-12(13)3/h9H,4-8,10H2,1-3H3,(H,16,19). The number of rotatable bonds is 4. The Kier molecular flexibility index (Phi) is 5.36. The zero-order chi connectivity index (χ0) is 15.4. The van der Waals surface area contributed by atoms with Crippen LogP contribution in [0.5, 0.6) is 0 Å². The highest BCUT2D eigenvalue weighted by Crippen LogP contribution is 2.22. The van der Waals surface area contributed by atoms with E-state index in [1.54, 1.807) is 11.3 Å². The number of likely N-dealkylation sites (N-methyl/N-ethyl adjacent to an activating group) is 1. The van der Waals surface area contributed by atoms with Crippen molar-refractivity contribution in [3.63, 3.8) is 0 Å². The van der Waals surface area contributed by atoms with E-state index in [0.717, 1.165) is 23.5 Å². The summed E-state index contributed by atoms with van der Waals surface area (Å²) in [4.78, 5) is 30.3. The van der Waals surface area contributed by atoms with Gasteiger partial charge >= 0.3 is 0 Å². The zero-order valence-corrected chi connectivity index (χ0v) is 13.8. The molecule has 6 heteroatoms. The highest BCUT2D eigenvalue weighted by Gasteiger charge is 2.24. The van der Waals surface area contributed by atoms with Crippen LogP contribution >= 0.6 is 11.3 Å². The molecule has 0 radical (unpaired) electrons. The van der Waals surface area contributed by atoms with Crippen LogP contribution in [0.4, 0.5) is 0 Å². The molecule has 0 bridgehead atoms. The second-order valence-electron chi connectivity index (χ2n) is 5.35. The lowest BCUT2D eigenvalue weighted by atomic mass is 10.2. The molecule has 1 fully saturated rings. The van der Waals surface area contributed by atoms with Crippen molar-refractivity contribution in [3.8, 4) is 0 Å². The third kappa shape index (κ3) is 4.04. The van der Waals surface area contributed by atoms with Crippen molar-refractivity contribution in [2.45, 2.75) is 20.8 Å². The SMILES string of the molecule is CCNC(=O)CN1CCN(C(=O)c2cc(C)sc2C)CC1. The maximum atomic E-state index is 12.5. The van der Waals surface area contributed by atoms with Crippen molar-refractivity contribution < 1.29 is 9.59 Å². The average molecular weight is 309 g/mol. The molecule has 1 aromatic rings. The van der Waals surface area contributed by atoms with Gasteiger partial charge in [-0.25, -0.2) is 0 Å². The van der Waals surface area contributed by atoms with Gasteiger partial charge in [0.25, 0.3) is 5.91 Å². The van der Waals surface area contributed by atoms with Gasteiger partial charge < -0.3 is 10.2 Å². The minimum Gasteiger partial charge on any atom is -0.355 e. The lowest BCUT2D eigenvalue weighted by Gasteiger charge is -2.34. The number of thiophene rings is 1. The highest BCUT2D eigenvalue weighted by atomic mass is 32.1. The topological polar surface area (TPSA) is 52.7 Å². The third-order valence-electron chi connectivity index (χ3n) is 3.67. The number of carbonyl (C=O) groups is 2. The van der Waals surface area contributed by atoms with E-state index < -0.39 is 0 Å². The molecule has 0 aromatic carbocycles. The molecule has 0 aliphatic carbocycles. The van der Waals surface area contributed by atoms with Gasteiger partial charge in [-0.2, -0.15) is 0 Å². The molecule has 2 amide bonds. The predicted octanol–water partition coefficient (Wildman–Crippen LogP) is 1.26. The van der Waals surface area contributed by atoms with E-state index >= 15 is 0 Å².